The molecule has 0 radical (unpaired) electrons. The van der Waals surface area contributed by atoms with Crippen molar-refractivity contribution in [2.75, 3.05) is 13.2 Å². The topological polar surface area (TPSA) is 59.1 Å². The van der Waals surface area contributed by atoms with Gasteiger partial charge in [0.1, 0.15) is 12.7 Å². The molecule has 5 fully saturated rings. The van der Waals surface area contributed by atoms with Gasteiger partial charge in [0.2, 0.25) is 0 Å². The first kappa shape index (κ1) is 13.6. The summed E-state index contributed by atoms with van der Waals surface area (Å²) in [6, 6.07) is 0. The van der Waals surface area contributed by atoms with Crippen molar-refractivity contribution in [3.05, 3.63) is 11.8 Å². The second-order valence-electron chi connectivity index (χ2n) is 7.83. The van der Waals surface area contributed by atoms with E-state index in [0.717, 1.165) is 24.4 Å². The summed E-state index contributed by atoms with van der Waals surface area (Å²) in [5, 5.41) is 9.48. The van der Waals surface area contributed by atoms with E-state index in [4.69, 9.17) is 9.47 Å². The highest BCUT2D eigenvalue weighted by molar-refractivity contribution is 5.86. The standard InChI is InChI=1S/C17H24O4/c18-16(19)14(8-20-9-15-10-21-15)7-17-4-11-1-12(5-17)3-13(2-11)6-17/h8,11-13,15H,1-7,9-10H2,(H,18,19). The number of hydrogen-bond donors (Lipinski definition) is 1. The van der Waals surface area contributed by atoms with Gasteiger partial charge < -0.3 is 14.6 Å². The highest BCUT2D eigenvalue weighted by Crippen LogP contribution is 2.62. The van der Waals surface area contributed by atoms with Gasteiger partial charge in [-0.15, -0.1) is 0 Å². The van der Waals surface area contributed by atoms with Gasteiger partial charge in [-0.3, -0.25) is 0 Å². The molecule has 21 heavy (non-hydrogen) atoms. The van der Waals surface area contributed by atoms with E-state index in [2.05, 4.69) is 0 Å². The predicted octanol–water partition coefficient (Wildman–Crippen LogP) is 2.98. The molecule has 1 atom stereocenters. The predicted molar refractivity (Wildman–Crippen MR) is 76.6 cm³/mol. The van der Waals surface area contributed by atoms with Crippen molar-refractivity contribution >= 4 is 5.97 Å². The molecule has 0 amide bonds. The van der Waals surface area contributed by atoms with Crippen LogP contribution in [0.2, 0.25) is 0 Å². The van der Waals surface area contributed by atoms with Crippen LogP contribution in [0.1, 0.15) is 44.9 Å². The highest BCUT2D eigenvalue weighted by atomic mass is 16.6. The summed E-state index contributed by atoms with van der Waals surface area (Å²) in [5.74, 6) is 1.74. The Morgan fingerprint density at radius 2 is 1.76 bits per heavy atom. The lowest BCUT2D eigenvalue weighted by molar-refractivity contribution is -0.134. The molecule has 0 aromatic rings. The van der Waals surface area contributed by atoms with Gasteiger partial charge in [-0.2, -0.15) is 0 Å². The maximum Gasteiger partial charge on any atom is 0.334 e. The third-order valence-corrected chi connectivity index (χ3v) is 5.92. The fourth-order valence-corrected chi connectivity index (χ4v) is 5.50. The second kappa shape index (κ2) is 5.01. The lowest BCUT2D eigenvalue weighted by atomic mass is 9.48. The van der Waals surface area contributed by atoms with Crippen LogP contribution in [0.4, 0.5) is 0 Å². The molecular weight excluding hydrogens is 268 g/mol. The molecule has 1 heterocycles. The van der Waals surface area contributed by atoms with Crippen molar-refractivity contribution in [2.24, 2.45) is 23.2 Å². The molecule has 1 saturated heterocycles. The van der Waals surface area contributed by atoms with Crippen LogP contribution >= 0.6 is 0 Å². The first-order valence-electron chi connectivity index (χ1n) is 8.27. The maximum atomic E-state index is 11.5. The normalized spacial score (nSPS) is 43.9. The van der Waals surface area contributed by atoms with Crippen molar-refractivity contribution < 1.29 is 19.4 Å². The number of carboxylic acids is 1. The van der Waals surface area contributed by atoms with Gasteiger partial charge in [-0.1, -0.05) is 0 Å². The van der Waals surface area contributed by atoms with Crippen LogP contribution in [0.25, 0.3) is 0 Å². The average Bonchev–Trinajstić information content (AvgIpc) is 3.19. The largest absolute Gasteiger partial charge is 0.498 e. The number of epoxide rings is 1. The number of rotatable bonds is 6. The molecule has 4 nitrogen and oxygen atoms in total. The number of hydrogen-bond acceptors (Lipinski definition) is 3. The summed E-state index contributed by atoms with van der Waals surface area (Å²) in [6.07, 6.45) is 10.2. The monoisotopic (exact) mass is 292 g/mol. The maximum absolute atomic E-state index is 11.5. The van der Waals surface area contributed by atoms with Crippen molar-refractivity contribution in [2.45, 2.75) is 51.0 Å². The zero-order valence-electron chi connectivity index (χ0n) is 12.4. The van der Waals surface area contributed by atoms with E-state index in [1.54, 1.807) is 0 Å². The van der Waals surface area contributed by atoms with Crippen LogP contribution in [0.3, 0.4) is 0 Å². The highest BCUT2D eigenvalue weighted by Gasteiger charge is 2.51. The molecule has 5 rings (SSSR count). The second-order valence-corrected chi connectivity index (χ2v) is 7.83. The summed E-state index contributed by atoms with van der Waals surface area (Å²) in [4.78, 5) is 11.5. The Labute approximate surface area is 125 Å². The number of aliphatic carboxylic acids is 1. The fraction of sp³-hybridized carbons (Fsp3) is 0.824. The Bertz CT molecular complexity index is 428. The van der Waals surface area contributed by atoms with E-state index in [1.165, 1.54) is 44.8 Å². The fourth-order valence-electron chi connectivity index (χ4n) is 5.50. The molecule has 0 aromatic heterocycles. The Balaban J connectivity index is 1.45. The van der Waals surface area contributed by atoms with Crippen molar-refractivity contribution in [3.63, 3.8) is 0 Å². The lowest BCUT2D eigenvalue weighted by Crippen LogP contribution is -2.46. The zero-order chi connectivity index (χ0) is 14.4. The smallest absolute Gasteiger partial charge is 0.334 e. The Morgan fingerprint density at radius 1 is 1.19 bits per heavy atom. The van der Waals surface area contributed by atoms with Crippen LogP contribution in [0.15, 0.2) is 11.8 Å². The summed E-state index contributed by atoms with van der Waals surface area (Å²) >= 11 is 0. The summed E-state index contributed by atoms with van der Waals surface area (Å²) in [5.41, 5.74) is 0.705. The molecule has 5 aliphatic rings. The number of ether oxygens (including phenoxy) is 2. The molecule has 4 saturated carbocycles. The van der Waals surface area contributed by atoms with Gasteiger partial charge in [0.25, 0.3) is 0 Å². The molecule has 116 valence electrons. The van der Waals surface area contributed by atoms with E-state index in [9.17, 15) is 9.90 Å². The first-order chi connectivity index (χ1) is 10.1. The third-order valence-electron chi connectivity index (χ3n) is 5.92. The van der Waals surface area contributed by atoms with Crippen molar-refractivity contribution in [3.8, 4) is 0 Å². The van der Waals surface area contributed by atoms with Crippen LogP contribution in [0, 0.1) is 23.2 Å². The Hall–Kier alpha value is -1.03. The third kappa shape index (κ3) is 2.83. The molecule has 1 N–H and O–H groups in total. The molecule has 4 heteroatoms. The van der Waals surface area contributed by atoms with Crippen molar-refractivity contribution in [1.82, 2.24) is 0 Å². The Morgan fingerprint density at radius 3 is 2.24 bits per heavy atom. The average molecular weight is 292 g/mol. The summed E-state index contributed by atoms with van der Waals surface area (Å²) in [6.45, 7) is 1.23. The van der Waals surface area contributed by atoms with E-state index < -0.39 is 5.97 Å². The van der Waals surface area contributed by atoms with Crippen LogP contribution in [0.5, 0.6) is 0 Å². The molecule has 4 aliphatic carbocycles. The van der Waals surface area contributed by atoms with Gasteiger partial charge in [0.05, 0.1) is 18.4 Å². The van der Waals surface area contributed by atoms with E-state index in [-0.39, 0.29) is 11.5 Å². The van der Waals surface area contributed by atoms with Crippen LogP contribution < -0.4 is 0 Å². The molecule has 4 bridgehead atoms. The van der Waals surface area contributed by atoms with Gasteiger partial charge in [-0.25, -0.2) is 4.79 Å². The van der Waals surface area contributed by atoms with E-state index >= 15 is 0 Å². The van der Waals surface area contributed by atoms with Gasteiger partial charge >= 0.3 is 5.97 Å². The first-order valence-corrected chi connectivity index (χ1v) is 8.27. The zero-order valence-corrected chi connectivity index (χ0v) is 12.4. The van der Waals surface area contributed by atoms with Gasteiger partial charge in [0.15, 0.2) is 0 Å². The number of carbonyl (C=O) groups is 1. The number of carboxylic acid groups (broad SMARTS) is 1. The minimum atomic E-state index is -0.817. The van der Waals surface area contributed by atoms with Crippen LogP contribution in [-0.2, 0) is 14.3 Å². The van der Waals surface area contributed by atoms with E-state index in [0.29, 0.717) is 18.6 Å². The summed E-state index contributed by atoms with van der Waals surface area (Å²) < 4.78 is 10.5. The minimum Gasteiger partial charge on any atom is -0.498 e. The van der Waals surface area contributed by atoms with Gasteiger partial charge in [0, 0.05) is 0 Å². The SMILES string of the molecule is O=C(O)C(=COCC1CO1)CC12CC3CC(CC(C3)C1)C2. The molecule has 1 unspecified atom stereocenters. The molecule has 0 spiro atoms. The van der Waals surface area contributed by atoms with Gasteiger partial charge in [-0.05, 0) is 68.1 Å². The lowest BCUT2D eigenvalue weighted by Gasteiger charge is -2.57. The quantitative estimate of drug-likeness (QED) is 0.464. The van der Waals surface area contributed by atoms with Crippen molar-refractivity contribution in [1.29, 1.82) is 0 Å². The summed E-state index contributed by atoms with van der Waals surface area (Å²) in [7, 11) is 0. The van der Waals surface area contributed by atoms with Crippen LogP contribution in [-0.4, -0.2) is 30.4 Å². The molecule has 0 aromatic carbocycles. The van der Waals surface area contributed by atoms with E-state index in [1.807, 2.05) is 0 Å². The Kier molecular flexibility index (Phi) is 3.25. The molecule has 1 aliphatic heterocycles. The molecular formula is C17H24O4. The minimum absolute atomic E-state index is 0.177.